The predicted molar refractivity (Wildman–Crippen MR) is 85.8 cm³/mol. The SMILES string of the molecule is Cn1cc(Cl)c(C(=O)N2CCN(Cc3ccccc3F)CC2)n1. The number of carbonyl (C=O) groups is 1. The summed E-state index contributed by atoms with van der Waals surface area (Å²) in [5.74, 6) is -0.340. The summed E-state index contributed by atoms with van der Waals surface area (Å²) in [6.45, 7) is 3.12. The van der Waals surface area contributed by atoms with Gasteiger partial charge in [0.25, 0.3) is 5.91 Å². The molecule has 5 nitrogen and oxygen atoms in total. The van der Waals surface area contributed by atoms with Gasteiger partial charge in [0.15, 0.2) is 5.69 Å². The Hall–Kier alpha value is -1.92. The van der Waals surface area contributed by atoms with Crippen LogP contribution in [-0.4, -0.2) is 51.7 Å². The molecule has 0 spiro atoms. The highest BCUT2D eigenvalue weighted by Crippen LogP contribution is 2.17. The number of aromatic nitrogens is 2. The number of carbonyl (C=O) groups excluding carboxylic acids is 1. The maximum atomic E-state index is 13.7. The molecule has 2 aromatic rings. The fourth-order valence-corrected chi connectivity index (χ4v) is 2.99. The first kappa shape index (κ1) is 16.0. The van der Waals surface area contributed by atoms with Crippen LogP contribution >= 0.6 is 11.6 Å². The second-order valence-electron chi connectivity index (χ2n) is 5.66. The van der Waals surface area contributed by atoms with Crippen LogP contribution in [0.25, 0.3) is 0 Å². The Labute approximate surface area is 139 Å². The van der Waals surface area contributed by atoms with Gasteiger partial charge < -0.3 is 4.90 Å². The van der Waals surface area contributed by atoms with Crippen LogP contribution in [0.5, 0.6) is 0 Å². The fourth-order valence-electron chi connectivity index (χ4n) is 2.73. The summed E-state index contributed by atoms with van der Waals surface area (Å²) in [4.78, 5) is 16.3. The van der Waals surface area contributed by atoms with Crippen LogP contribution < -0.4 is 0 Å². The van der Waals surface area contributed by atoms with Gasteiger partial charge in [0.2, 0.25) is 0 Å². The first-order chi connectivity index (χ1) is 11.0. The summed E-state index contributed by atoms with van der Waals surface area (Å²) in [6, 6.07) is 6.78. The molecule has 0 aliphatic carbocycles. The van der Waals surface area contributed by atoms with Gasteiger partial charge >= 0.3 is 0 Å². The Morgan fingerprint density at radius 2 is 1.96 bits per heavy atom. The number of piperazine rings is 1. The van der Waals surface area contributed by atoms with E-state index in [1.807, 2.05) is 6.07 Å². The molecule has 2 heterocycles. The molecular weight excluding hydrogens is 319 g/mol. The summed E-state index contributed by atoms with van der Waals surface area (Å²) < 4.78 is 15.2. The minimum atomic E-state index is -0.189. The molecule has 0 saturated carbocycles. The number of benzene rings is 1. The maximum absolute atomic E-state index is 13.7. The molecule has 1 aromatic carbocycles. The lowest BCUT2D eigenvalue weighted by Gasteiger charge is -2.34. The topological polar surface area (TPSA) is 41.4 Å². The van der Waals surface area contributed by atoms with Crippen LogP contribution in [0.2, 0.25) is 5.02 Å². The zero-order valence-electron chi connectivity index (χ0n) is 12.9. The van der Waals surface area contributed by atoms with Crippen LogP contribution in [0.15, 0.2) is 30.5 Å². The van der Waals surface area contributed by atoms with Crippen LogP contribution in [0.3, 0.4) is 0 Å². The fraction of sp³-hybridized carbons (Fsp3) is 0.375. The molecule has 0 unspecified atom stereocenters. The second-order valence-corrected chi connectivity index (χ2v) is 6.07. The van der Waals surface area contributed by atoms with Crippen molar-refractivity contribution >= 4 is 17.5 Å². The molecule has 1 amide bonds. The summed E-state index contributed by atoms with van der Waals surface area (Å²) in [6.07, 6.45) is 1.61. The lowest BCUT2D eigenvalue weighted by atomic mass is 10.2. The van der Waals surface area contributed by atoms with E-state index in [4.69, 9.17) is 11.6 Å². The van der Waals surface area contributed by atoms with Gasteiger partial charge in [-0.1, -0.05) is 29.8 Å². The van der Waals surface area contributed by atoms with E-state index in [-0.39, 0.29) is 17.4 Å². The molecule has 1 fully saturated rings. The molecule has 1 saturated heterocycles. The number of rotatable bonds is 3. The molecule has 3 rings (SSSR count). The average molecular weight is 337 g/mol. The van der Waals surface area contributed by atoms with Crippen molar-refractivity contribution in [3.8, 4) is 0 Å². The number of hydrogen-bond acceptors (Lipinski definition) is 3. The molecule has 0 atom stereocenters. The Kier molecular flexibility index (Phi) is 4.63. The van der Waals surface area contributed by atoms with Gasteiger partial charge in [-0.05, 0) is 6.07 Å². The lowest BCUT2D eigenvalue weighted by molar-refractivity contribution is 0.0620. The standard InChI is InChI=1S/C16H18ClFN4O/c1-20-11-13(17)15(19-20)16(23)22-8-6-21(7-9-22)10-12-4-2-3-5-14(12)18/h2-5,11H,6-10H2,1H3. The van der Waals surface area contributed by atoms with Crippen molar-refractivity contribution in [1.29, 1.82) is 0 Å². The van der Waals surface area contributed by atoms with E-state index in [0.717, 1.165) is 0 Å². The van der Waals surface area contributed by atoms with Crippen LogP contribution in [0.1, 0.15) is 16.1 Å². The highest BCUT2D eigenvalue weighted by Gasteiger charge is 2.25. The van der Waals surface area contributed by atoms with Gasteiger partial charge in [0.1, 0.15) is 5.82 Å². The van der Waals surface area contributed by atoms with Crippen LogP contribution in [0, 0.1) is 5.82 Å². The van der Waals surface area contributed by atoms with Crippen molar-refractivity contribution < 1.29 is 9.18 Å². The molecule has 1 aliphatic heterocycles. The first-order valence-electron chi connectivity index (χ1n) is 7.49. The second kappa shape index (κ2) is 6.68. The van der Waals surface area contributed by atoms with E-state index in [0.29, 0.717) is 43.3 Å². The van der Waals surface area contributed by atoms with Crippen LogP contribution in [-0.2, 0) is 13.6 Å². The van der Waals surface area contributed by atoms with Gasteiger partial charge in [0.05, 0.1) is 5.02 Å². The number of amides is 1. The van der Waals surface area contributed by atoms with Crippen molar-refractivity contribution in [3.63, 3.8) is 0 Å². The van der Waals surface area contributed by atoms with Crippen LogP contribution in [0.4, 0.5) is 4.39 Å². The third-order valence-corrected chi connectivity index (χ3v) is 4.27. The quantitative estimate of drug-likeness (QED) is 0.862. The molecule has 7 heteroatoms. The number of nitrogens with zero attached hydrogens (tertiary/aromatic N) is 4. The molecule has 0 radical (unpaired) electrons. The molecule has 1 aromatic heterocycles. The van der Waals surface area contributed by atoms with E-state index in [2.05, 4.69) is 10.00 Å². The van der Waals surface area contributed by atoms with E-state index in [1.54, 1.807) is 30.3 Å². The number of aryl methyl sites for hydroxylation is 1. The Balaban J connectivity index is 1.59. The molecule has 0 N–H and O–H groups in total. The van der Waals surface area contributed by atoms with Crippen molar-refractivity contribution in [2.24, 2.45) is 7.05 Å². The minimum Gasteiger partial charge on any atom is -0.335 e. The van der Waals surface area contributed by atoms with E-state index in [9.17, 15) is 9.18 Å². The minimum absolute atomic E-state index is 0.152. The predicted octanol–water partition coefficient (Wildman–Crippen LogP) is 2.17. The maximum Gasteiger partial charge on any atom is 0.276 e. The van der Waals surface area contributed by atoms with Gasteiger partial charge in [-0.2, -0.15) is 5.10 Å². The van der Waals surface area contributed by atoms with Gasteiger partial charge in [-0.3, -0.25) is 14.4 Å². The van der Waals surface area contributed by atoms with Gasteiger partial charge in [-0.15, -0.1) is 0 Å². The summed E-state index contributed by atoms with van der Waals surface area (Å²) in [7, 11) is 1.73. The molecule has 0 bridgehead atoms. The smallest absolute Gasteiger partial charge is 0.276 e. The normalized spacial score (nSPS) is 15.9. The average Bonchev–Trinajstić information content (AvgIpc) is 2.88. The van der Waals surface area contributed by atoms with Crippen molar-refractivity contribution in [2.75, 3.05) is 26.2 Å². The zero-order valence-corrected chi connectivity index (χ0v) is 13.6. The molecular formula is C16H18ClFN4O. The Morgan fingerprint density at radius 3 is 2.57 bits per heavy atom. The van der Waals surface area contributed by atoms with Gasteiger partial charge in [0, 0.05) is 51.5 Å². The van der Waals surface area contributed by atoms with Crippen molar-refractivity contribution in [2.45, 2.75) is 6.54 Å². The molecule has 23 heavy (non-hydrogen) atoms. The van der Waals surface area contributed by atoms with E-state index in [1.165, 1.54) is 10.7 Å². The summed E-state index contributed by atoms with van der Waals surface area (Å²) in [5.41, 5.74) is 0.969. The van der Waals surface area contributed by atoms with E-state index >= 15 is 0 Å². The third-order valence-electron chi connectivity index (χ3n) is 4.00. The number of halogens is 2. The Bertz CT molecular complexity index is 710. The first-order valence-corrected chi connectivity index (χ1v) is 7.86. The molecule has 1 aliphatic rings. The highest BCUT2D eigenvalue weighted by molar-refractivity contribution is 6.33. The van der Waals surface area contributed by atoms with Crippen molar-refractivity contribution in [3.05, 3.63) is 52.6 Å². The molecule has 122 valence electrons. The summed E-state index contributed by atoms with van der Waals surface area (Å²) in [5, 5.41) is 4.48. The highest BCUT2D eigenvalue weighted by atomic mass is 35.5. The number of hydrogen-bond donors (Lipinski definition) is 0. The monoisotopic (exact) mass is 336 g/mol. The third kappa shape index (κ3) is 3.54. The lowest BCUT2D eigenvalue weighted by Crippen LogP contribution is -2.48. The Morgan fingerprint density at radius 1 is 1.26 bits per heavy atom. The van der Waals surface area contributed by atoms with Crippen molar-refractivity contribution in [1.82, 2.24) is 19.6 Å². The zero-order chi connectivity index (χ0) is 16.4. The van der Waals surface area contributed by atoms with Gasteiger partial charge in [-0.25, -0.2) is 4.39 Å². The summed E-state index contributed by atoms with van der Waals surface area (Å²) >= 11 is 6.03. The van der Waals surface area contributed by atoms with E-state index < -0.39 is 0 Å². The largest absolute Gasteiger partial charge is 0.335 e.